The molecule has 16 heavy (non-hydrogen) atoms. The Morgan fingerprint density at radius 1 is 1.69 bits per heavy atom. The standard InChI is InChI=1S/C9H11ClF2N2OS/c1-5-2-16-7(6(5)10)8(15)14-4-9(11,12)3-13/h2H,3-4,13H2,1H3,(H,14,15). The van der Waals surface area contributed by atoms with Crippen LogP contribution < -0.4 is 11.1 Å². The van der Waals surface area contributed by atoms with Gasteiger partial charge in [0.2, 0.25) is 0 Å². The highest BCUT2D eigenvalue weighted by molar-refractivity contribution is 7.13. The molecule has 0 aliphatic carbocycles. The molecule has 0 saturated carbocycles. The number of aryl methyl sites for hydroxylation is 1. The number of nitrogens with one attached hydrogen (secondary N) is 1. The van der Waals surface area contributed by atoms with Crippen LogP contribution >= 0.6 is 22.9 Å². The van der Waals surface area contributed by atoms with Gasteiger partial charge < -0.3 is 11.1 Å². The van der Waals surface area contributed by atoms with E-state index in [4.69, 9.17) is 17.3 Å². The first kappa shape index (κ1) is 13.3. The smallest absolute Gasteiger partial charge is 0.277 e. The van der Waals surface area contributed by atoms with E-state index in [0.717, 1.165) is 16.9 Å². The Labute approximate surface area is 101 Å². The number of hydrogen-bond acceptors (Lipinski definition) is 3. The molecule has 0 unspecified atom stereocenters. The molecule has 0 fully saturated rings. The average Bonchev–Trinajstić information content (AvgIpc) is 2.57. The Balaban J connectivity index is 2.64. The van der Waals surface area contributed by atoms with Crippen LogP contribution in [0.3, 0.4) is 0 Å². The molecule has 0 aromatic carbocycles. The van der Waals surface area contributed by atoms with Gasteiger partial charge in [0.1, 0.15) is 4.88 Å². The summed E-state index contributed by atoms with van der Waals surface area (Å²) in [4.78, 5) is 11.7. The molecule has 0 saturated heterocycles. The van der Waals surface area contributed by atoms with Crippen LogP contribution in [0.5, 0.6) is 0 Å². The van der Waals surface area contributed by atoms with Gasteiger partial charge in [0, 0.05) is 0 Å². The van der Waals surface area contributed by atoms with Crippen LogP contribution in [0.25, 0.3) is 0 Å². The molecule has 3 nitrogen and oxygen atoms in total. The first-order valence-electron chi connectivity index (χ1n) is 4.47. The Hall–Kier alpha value is -0.720. The highest BCUT2D eigenvalue weighted by Crippen LogP contribution is 2.27. The summed E-state index contributed by atoms with van der Waals surface area (Å²) < 4.78 is 25.5. The van der Waals surface area contributed by atoms with E-state index >= 15 is 0 Å². The van der Waals surface area contributed by atoms with E-state index < -0.39 is 24.9 Å². The number of rotatable bonds is 4. The Morgan fingerprint density at radius 2 is 2.31 bits per heavy atom. The van der Waals surface area contributed by atoms with Crippen molar-refractivity contribution >= 4 is 28.8 Å². The van der Waals surface area contributed by atoms with E-state index in [1.807, 2.05) is 0 Å². The second-order valence-corrected chi connectivity index (χ2v) is 4.56. The van der Waals surface area contributed by atoms with Gasteiger partial charge in [-0.1, -0.05) is 11.6 Å². The Morgan fingerprint density at radius 3 is 2.75 bits per heavy atom. The fourth-order valence-corrected chi connectivity index (χ4v) is 2.14. The third kappa shape index (κ3) is 3.13. The van der Waals surface area contributed by atoms with E-state index in [1.165, 1.54) is 0 Å². The maximum atomic E-state index is 12.8. The minimum atomic E-state index is -3.09. The van der Waals surface area contributed by atoms with Gasteiger partial charge in [-0.3, -0.25) is 4.79 Å². The minimum absolute atomic E-state index is 0.243. The zero-order chi connectivity index (χ0) is 12.3. The van der Waals surface area contributed by atoms with Crippen molar-refractivity contribution in [1.29, 1.82) is 0 Å². The SMILES string of the molecule is Cc1csc(C(=O)NCC(F)(F)CN)c1Cl. The summed E-state index contributed by atoms with van der Waals surface area (Å²) in [5.41, 5.74) is 5.59. The Bertz CT molecular complexity index is 395. The van der Waals surface area contributed by atoms with Gasteiger partial charge in [-0.2, -0.15) is 0 Å². The number of carbonyl (C=O) groups is 1. The molecule has 0 spiro atoms. The van der Waals surface area contributed by atoms with Crippen molar-refractivity contribution < 1.29 is 13.6 Å². The van der Waals surface area contributed by atoms with Gasteiger partial charge in [0.05, 0.1) is 18.1 Å². The minimum Gasteiger partial charge on any atom is -0.345 e. The Kier molecular flexibility index (Phi) is 4.23. The highest BCUT2D eigenvalue weighted by atomic mass is 35.5. The van der Waals surface area contributed by atoms with Gasteiger partial charge in [0.15, 0.2) is 0 Å². The largest absolute Gasteiger partial charge is 0.345 e. The van der Waals surface area contributed by atoms with E-state index in [-0.39, 0.29) is 4.88 Å². The molecule has 1 heterocycles. The number of alkyl halides is 2. The summed E-state index contributed by atoms with van der Waals surface area (Å²) in [5.74, 6) is -3.69. The van der Waals surface area contributed by atoms with Gasteiger partial charge >= 0.3 is 0 Å². The molecule has 0 bridgehead atoms. The summed E-state index contributed by atoms with van der Waals surface area (Å²) in [7, 11) is 0. The predicted octanol–water partition coefficient (Wildman–Crippen LogP) is 2.03. The normalized spacial score (nSPS) is 11.6. The van der Waals surface area contributed by atoms with Crippen molar-refractivity contribution in [3.05, 3.63) is 20.8 Å². The summed E-state index contributed by atoms with van der Waals surface area (Å²) in [5, 5.41) is 4.10. The molecule has 0 radical (unpaired) electrons. The third-order valence-electron chi connectivity index (χ3n) is 1.91. The molecule has 0 aliphatic rings. The van der Waals surface area contributed by atoms with Crippen molar-refractivity contribution in [2.75, 3.05) is 13.1 Å². The molecular formula is C9H11ClF2N2OS. The maximum absolute atomic E-state index is 12.8. The predicted molar refractivity (Wildman–Crippen MR) is 60.4 cm³/mol. The van der Waals surface area contributed by atoms with Crippen LogP contribution in [0.15, 0.2) is 5.38 Å². The number of amides is 1. The number of halogens is 3. The van der Waals surface area contributed by atoms with E-state index in [0.29, 0.717) is 5.02 Å². The van der Waals surface area contributed by atoms with Crippen molar-refractivity contribution in [2.45, 2.75) is 12.8 Å². The number of thiophene rings is 1. The summed E-state index contributed by atoms with van der Waals surface area (Å²) >= 11 is 6.95. The lowest BCUT2D eigenvalue weighted by Gasteiger charge is -2.14. The van der Waals surface area contributed by atoms with Gasteiger partial charge in [-0.15, -0.1) is 11.3 Å². The van der Waals surface area contributed by atoms with Gasteiger partial charge in [-0.05, 0) is 17.9 Å². The molecule has 1 aromatic heterocycles. The van der Waals surface area contributed by atoms with E-state index in [9.17, 15) is 13.6 Å². The lowest BCUT2D eigenvalue weighted by molar-refractivity contribution is 0.0119. The summed E-state index contributed by atoms with van der Waals surface area (Å²) in [6.07, 6.45) is 0. The first-order chi connectivity index (χ1) is 7.37. The van der Waals surface area contributed by atoms with Crippen LogP contribution in [0.4, 0.5) is 8.78 Å². The van der Waals surface area contributed by atoms with Crippen molar-refractivity contribution in [3.8, 4) is 0 Å². The lowest BCUT2D eigenvalue weighted by atomic mass is 10.3. The summed E-state index contributed by atoms with van der Waals surface area (Å²) in [6.45, 7) is 0.157. The zero-order valence-corrected chi connectivity index (χ0v) is 10.1. The quantitative estimate of drug-likeness (QED) is 0.878. The molecule has 7 heteroatoms. The molecule has 1 aromatic rings. The second kappa shape index (κ2) is 5.07. The molecule has 90 valence electrons. The van der Waals surface area contributed by atoms with E-state index in [2.05, 4.69) is 5.32 Å². The van der Waals surface area contributed by atoms with Crippen LogP contribution in [0.1, 0.15) is 15.2 Å². The highest BCUT2D eigenvalue weighted by Gasteiger charge is 2.28. The lowest BCUT2D eigenvalue weighted by Crippen LogP contribution is -2.41. The third-order valence-corrected chi connectivity index (χ3v) is 3.61. The van der Waals surface area contributed by atoms with Crippen molar-refractivity contribution in [1.82, 2.24) is 5.32 Å². The monoisotopic (exact) mass is 268 g/mol. The second-order valence-electron chi connectivity index (χ2n) is 3.30. The van der Waals surface area contributed by atoms with Crippen LogP contribution in [-0.4, -0.2) is 24.9 Å². The molecule has 0 aliphatic heterocycles. The van der Waals surface area contributed by atoms with Crippen molar-refractivity contribution in [3.63, 3.8) is 0 Å². The topological polar surface area (TPSA) is 55.1 Å². The van der Waals surface area contributed by atoms with Gasteiger partial charge in [0.25, 0.3) is 11.8 Å². The maximum Gasteiger partial charge on any atom is 0.277 e. The number of carbonyl (C=O) groups excluding carboxylic acids is 1. The van der Waals surface area contributed by atoms with Crippen LogP contribution in [0, 0.1) is 6.92 Å². The van der Waals surface area contributed by atoms with E-state index in [1.54, 1.807) is 12.3 Å². The fraction of sp³-hybridized carbons (Fsp3) is 0.444. The van der Waals surface area contributed by atoms with Gasteiger partial charge in [-0.25, -0.2) is 8.78 Å². The number of nitrogens with two attached hydrogens (primary N) is 1. The fourth-order valence-electron chi connectivity index (χ4n) is 0.945. The zero-order valence-electron chi connectivity index (χ0n) is 8.52. The number of hydrogen-bond donors (Lipinski definition) is 2. The molecular weight excluding hydrogens is 258 g/mol. The first-order valence-corrected chi connectivity index (χ1v) is 5.73. The molecule has 1 rings (SSSR count). The van der Waals surface area contributed by atoms with Crippen LogP contribution in [0.2, 0.25) is 5.02 Å². The molecule has 1 amide bonds. The van der Waals surface area contributed by atoms with Crippen LogP contribution in [-0.2, 0) is 0 Å². The molecule has 0 atom stereocenters. The van der Waals surface area contributed by atoms with Crippen molar-refractivity contribution in [2.24, 2.45) is 5.73 Å². The molecule has 3 N–H and O–H groups in total. The average molecular weight is 269 g/mol. The summed E-state index contributed by atoms with van der Waals surface area (Å²) in [6, 6.07) is 0.